The molecule has 0 saturated carbocycles. The summed E-state index contributed by atoms with van der Waals surface area (Å²) in [6.45, 7) is 5.89. The number of benzene rings is 2. The Kier molecular flexibility index (Phi) is 6.06. The third kappa shape index (κ3) is 4.99. The predicted molar refractivity (Wildman–Crippen MR) is 107 cm³/mol. The van der Waals surface area contributed by atoms with Gasteiger partial charge in [0.1, 0.15) is 0 Å². The predicted octanol–water partition coefficient (Wildman–Crippen LogP) is 6.79. The second kappa shape index (κ2) is 8.15. The van der Waals surface area contributed by atoms with Crippen molar-refractivity contribution in [3.63, 3.8) is 0 Å². The molecular weight excluding hydrogens is 393 g/mol. The van der Waals surface area contributed by atoms with Gasteiger partial charge in [0.25, 0.3) is 0 Å². The third-order valence-electron chi connectivity index (χ3n) is 4.15. The van der Waals surface area contributed by atoms with Crippen LogP contribution in [0, 0.1) is 5.92 Å². The highest BCUT2D eigenvalue weighted by Gasteiger charge is 2.32. The number of alkyl halides is 3. The number of halogens is 4. The molecule has 1 unspecified atom stereocenters. The molecule has 0 spiro atoms. The maximum absolute atomic E-state index is 12.8. The summed E-state index contributed by atoms with van der Waals surface area (Å²) < 4.78 is 38.5. The van der Waals surface area contributed by atoms with Crippen LogP contribution < -0.4 is 0 Å². The Morgan fingerprint density at radius 1 is 1.19 bits per heavy atom. The minimum atomic E-state index is -4.42. The average molecular weight is 413 g/mol. The van der Waals surface area contributed by atoms with Crippen LogP contribution in [0.5, 0.6) is 0 Å². The number of hydrogen-bond acceptors (Lipinski definition) is 2. The van der Waals surface area contributed by atoms with Crippen molar-refractivity contribution in [2.75, 3.05) is 13.1 Å². The Morgan fingerprint density at radius 3 is 2.48 bits per heavy atom. The van der Waals surface area contributed by atoms with E-state index in [4.69, 9.17) is 11.6 Å². The lowest BCUT2D eigenvalue weighted by Crippen LogP contribution is -2.28. The maximum atomic E-state index is 12.8. The van der Waals surface area contributed by atoms with E-state index in [1.807, 2.05) is 18.2 Å². The van der Waals surface area contributed by atoms with E-state index in [1.165, 1.54) is 11.6 Å². The van der Waals surface area contributed by atoms with Crippen LogP contribution in [0.1, 0.15) is 30.2 Å². The lowest BCUT2D eigenvalue weighted by Gasteiger charge is -2.20. The van der Waals surface area contributed by atoms with Crippen LogP contribution in [0.15, 0.2) is 53.5 Å². The van der Waals surface area contributed by atoms with E-state index in [2.05, 4.69) is 35.9 Å². The zero-order valence-electron chi connectivity index (χ0n) is 15.0. The van der Waals surface area contributed by atoms with Crippen molar-refractivity contribution in [2.45, 2.75) is 25.3 Å². The van der Waals surface area contributed by atoms with Crippen LogP contribution in [0.4, 0.5) is 18.9 Å². The van der Waals surface area contributed by atoms with Gasteiger partial charge in [0.05, 0.1) is 21.5 Å². The van der Waals surface area contributed by atoms with Crippen molar-refractivity contribution in [3.8, 4) is 0 Å². The van der Waals surface area contributed by atoms with Crippen LogP contribution in [-0.4, -0.2) is 23.2 Å². The first-order valence-electron chi connectivity index (χ1n) is 8.66. The summed E-state index contributed by atoms with van der Waals surface area (Å²) in [4.78, 5) is 6.78. The number of aliphatic imine (C=N–C) groups is 1. The molecule has 0 radical (unpaired) electrons. The summed E-state index contributed by atoms with van der Waals surface area (Å²) in [7, 11) is 0. The van der Waals surface area contributed by atoms with Crippen LogP contribution >= 0.6 is 23.4 Å². The minimum Gasteiger partial charge on any atom is -0.349 e. The van der Waals surface area contributed by atoms with Crippen molar-refractivity contribution in [2.24, 2.45) is 10.9 Å². The monoisotopic (exact) mass is 412 g/mol. The van der Waals surface area contributed by atoms with Crippen molar-refractivity contribution < 1.29 is 13.2 Å². The molecule has 7 heteroatoms. The first-order valence-corrected chi connectivity index (χ1v) is 9.92. The summed E-state index contributed by atoms with van der Waals surface area (Å²) in [5.74, 6) is 0.438. The molecule has 1 fully saturated rings. The molecule has 2 aromatic rings. The first kappa shape index (κ1) is 20.1. The lowest BCUT2D eigenvalue weighted by atomic mass is 10.1. The van der Waals surface area contributed by atoms with Gasteiger partial charge in [0.15, 0.2) is 5.17 Å². The Bertz CT molecular complexity index is 822. The zero-order valence-corrected chi connectivity index (χ0v) is 16.6. The molecule has 2 aromatic carbocycles. The Hall–Kier alpha value is -1.66. The standard InChI is InChI=1S/C20H20ClF3N2S/c1-13(2)11-26-12-18(14-6-4-3-5-7-14)27-19(26)25-17-9-8-15(10-16(17)21)20(22,23)24/h3-10,13,18H,11-12H2,1-2H3. The van der Waals surface area contributed by atoms with E-state index in [9.17, 15) is 13.2 Å². The number of rotatable bonds is 4. The molecule has 1 saturated heterocycles. The molecule has 3 rings (SSSR count). The quantitative estimate of drug-likeness (QED) is 0.549. The van der Waals surface area contributed by atoms with Crippen molar-refractivity contribution in [1.29, 1.82) is 0 Å². The van der Waals surface area contributed by atoms with E-state index in [0.717, 1.165) is 30.4 Å². The van der Waals surface area contributed by atoms with E-state index in [-0.39, 0.29) is 10.3 Å². The molecule has 1 heterocycles. The fourth-order valence-electron chi connectivity index (χ4n) is 2.93. The SMILES string of the molecule is CC(C)CN1CC(c2ccccc2)SC1=Nc1ccc(C(F)(F)F)cc1Cl. The Balaban J connectivity index is 1.90. The molecular formula is C20H20ClF3N2S. The molecule has 0 aromatic heterocycles. The molecule has 144 valence electrons. The molecule has 2 nitrogen and oxygen atoms in total. The normalized spacial score (nSPS) is 19.3. The molecule has 1 aliphatic rings. The van der Waals surface area contributed by atoms with Crippen molar-refractivity contribution >= 4 is 34.2 Å². The van der Waals surface area contributed by atoms with Crippen LogP contribution in [0.25, 0.3) is 0 Å². The fourth-order valence-corrected chi connectivity index (χ4v) is 4.40. The van der Waals surface area contributed by atoms with Gasteiger partial charge in [0, 0.05) is 13.1 Å². The number of nitrogens with zero attached hydrogens (tertiary/aromatic N) is 2. The summed E-state index contributed by atoms with van der Waals surface area (Å²) in [6, 6.07) is 13.4. The number of amidine groups is 1. The van der Waals surface area contributed by atoms with Crippen LogP contribution in [0.3, 0.4) is 0 Å². The van der Waals surface area contributed by atoms with Gasteiger partial charge in [0.2, 0.25) is 0 Å². The van der Waals surface area contributed by atoms with E-state index >= 15 is 0 Å². The van der Waals surface area contributed by atoms with Crippen LogP contribution in [-0.2, 0) is 6.18 Å². The highest BCUT2D eigenvalue weighted by Crippen LogP contribution is 2.41. The van der Waals surface area contributed by atoms with Crippen molar-refractivity contribution in [1.82, 2.24) is 4.90 Å². The molecule has 0 amide bonds. The summed E-state index contributed by atoms with van der Waals surface area (Å²) in [6.07, 6.45) is -4.42. The Morgan fingerprint density at radius 2 is 1.89 bits per heavy atom. The highest BCUT2D eigenvalue weighted by molar-refractivity contribution is 8.14. The molecule has 27 heavy (non-hydrogen) atoms. The number of hydrogen-bond donors (Lipinski definition) is 0. The van der Waals surface area contributed by atoms with Gasteiger partial charge >= 0.3 is 6.18 Å². The van der Waals surface area contributed by atoms with Crippen LogP contribution in [0.2, 0.25) is 5.02 Å². The molecule has 1 atom stereocenters. The largest absolute Gasteiger partial charge is 0.416 e. The summed E-state index contributed by atoms with van der Waals surface area (Å²) >= 11 is 7.71. The van der Waals surface area contributed by atoms with Gasteiger partial charge in [-0.1, -0.05) is 67.5 Å². The smallest absolute Gasteiger partial charge is 0.349 e. The molecule has 0 aliphatic carbocycles. The van der Waals surface area contributed by atoms with E-state index in [1.54, 1.807) is 11.8 Å². The second-order valence-corrected chi connectivity index (χ2v) is 8.45. The molecule has 0 N–H and O–H groups in total. The van der Waals surface area contributed by atoms with Gasteiger partial charge in [-0.2, -0.15) is 13.2 Å². The average Bonchev–Trinajstić information content (AvgIpc) is 2.98. The van der Waals surface area contributed by atoms with Gasteiger partial charge in [-0.3, -0.25) is 0 Å². The highest BCUT2D eigenvalue weighted by atomic mass is 35.5. The summed E-state index contributed by atoms with van der Waals surface area (Å²) in [5, 5.41) is 1.03. The third-order valence-corrected chi connectivity index (χ3v) is 5.72. The maximum Gasteiger partial charge on any atom is 0.416 e. The van der Waals surface area contributed by atoms with Gasteiger partial charge in [-0.25, -0.2) is 4.99 Å². The Labute approximate surface area is 166 Å². The minimum absolute atomic E-state index is 0.00517. The topological polar surface area (TPSA) is 15.6 Å². The van der Waals surface area contributed by atoms with Gasteiger partial charge in [-0.15, -0.1) is 0 Å². The lowest BCUT2D eigenvalue weighted by molar-refractivity contribution is -0.137. The van der Waals surface area contributed by atoms with Crippen molar-refractivity contribution in [3.05, 3.63) is 64.7 Å². The second-order valence-electron chi connectivity index (χ2n) is 6.87. The fraction of sp³-hybridized carbons (Fsp3) is 0.350. The zero-order chi connectivity index (χ0) is 19.6. The van der Waals surface area contributed by atoms with E-state index < -0.39 is 11.7 Å². The van der Waals surface area contributed by atoms with E-state index in [0.29, 0.717) is 11.6 Å². The molecule has 1 aliphatic heterocycles. The molecule has 0 bridgehead atoms. The van der Waals surface area contributed by atoms with Gasteiger partial charge in [-0.05, 0) is 29.7 Å². The first-order chi connectivity index (χ1) is 12.7. The summed E-state index contributed by atoms with van der Waals surface area (Å²) in [5.41, 5.74) is 0.798. The number of thioether (sulfide) groups is 1. The van der Waals surface area contributed by atoms with Gasteiger partial charge < -0.3 is 4.90 Å².